The minimum atomic E-state index is -4.44. The summed E-state index contributed by atoms with van der Waals surface area (Å²) in [7, 11) is -1.63. The molecule has 2 unspecified atom stereocenters. The van der Waals surface area contributed by atoms with E-state index in [-0.39, 0.29) is 26.4 Å². The molecule has 0 aliphatic carbocycles. The molecule has 1 aromatic rings. The van der Waals surface area contributed by atoms with Gasteiger partial charge in [0.2, 0.25) is 5.91 Å². The van der Waals surface area contributed by atoms with Gasteiger partial charge in [0.15, 0.2) is 18.5 Å². The fourth-order valence-electron chi connectivity index (χ4n) is 6.44. The predicted octanol–water partition coefficient (Wildman–Crippen LogP) is 0.798. The van der Waals surface area contributed by atoms with Crippen molar-refractivity contribution in [2.75, 3.05) is 40.0 Å². The Morgan fingerprint density at radius 3 is 2.16 bits per heavy atom. The third-order valence-electron chi connectivity index (χ3n) is 9.02. The van der Waals surface area contributed by atoms with Crippen LogP contribution in [0.2, 0.25) is 0 Å². The first kappa shape index (κ1) is 47.6. The van der Waals surface area contributed by atoms with Gasteiger partial charge in [-0.1, -0.05) is 30.3 Å². The lowest BCUT2D eigenvalue weighted by Gasteiger charge is -2.44. The van der Waals surface area contributed by atoms with Crippen LogP contribution in [-0.2, 0) is 67.8 Å². The monoisotopic (exact) mass is 831 g/mol. The van der Waals surface area contributed by atoms with E-state index in [0.717, 1.165) is 26.5 Å². The fraction of sp³-hybridized carbons (Fsp3) is 0.686. The predicted molar refractivity (Wildman–Crippen MR) is 200 cm³/mol. The van der Waals surface area contributed by atoms with Crippen molar-refractivity contribution in [3.63, 3.8) is 0 Å². The van der Waals surface area contributed by atoms with E-state index in [1.165, 1.54) is 6.92 Å². The highest BCUT2D eigenvalue weighted by Crippen LogP contribution is 2.48. The van der Waals surface area contributed by atoms with Crippen molar-refractivity contribution in [2.45, 2.75) is 108 Å². The summed E-state index contributed by atoms with van der Waals surface area (Å²) in [5.74, 6) is -2.26. The van der Waals surface area contributed by atoms with E-state index in [0.29, 0.717) is 38.6 Å². The van der Waals surface area contributed by atoms with E-state index in [1.807, 2.05) is 6.07 Å². The maximum absolute atomic E-state index is 12.4. The molecular formula is C35H55BN3O17P. The van der Waals surface area contributed by atoms with Crippen LogP contribution >= 0.6 is 7.82 Å². The van der Waals surface area contributed by atoms with Crippen molar-refractivity contribution in [3.8, 4) is 0 Å². The third kappa shape index (κ3) is 16.5. The van der Waals surface area contributed by atoms with Crippen molar-refractivity contribution in [1.82, 2.24) is 16.0 Å². The van der Waals surface area contributed by atoms with Crippen LogP contribution in [0, 0.1) is 5.92 Å². The zero-order valence-corrected chi connectivity index (χ0v) is 33.7. The molecule has 320 valence electrons. The molecule has 10 atom stereocenters. The molecule has 0 bridgehead atoms. The van der Waals surface area contributed by atoms with Gasteiger partial charge < -0.3 is 59.1 Å². The summed E-state index contributed by atoms with van der Waals surface area (Å²) in [6, 6.07) is 7.16. The SMILES string of the molecule is B[C@@H]1O[C@H](COC(=O)OCc2ccccc2)C(OP(=O)(O)OC)[C@@H]1CCCNC(=O)NCCCCCO[C@@H]1O[C@H](CO)[C@H](OC(C)=O)[C@H](OC(C)=O)[C@H]1NC(C)=O. The molecule has 2 heterocycles. The summed E-state index contributed by atoms with van der Waals surface area (Å²) in [5, 5.41) is 18.1. The molecule has 0 spiro atoms. The van der Waals surface area contributed by atoms with Gasteiger partial charge in [0.05, 0.1) is 6.61 Å². The average Bonchev–Trinajstić information content (AvgIpc) is 3.44. The number of urea groups is 1. The Balaban J connectivity index is 1.38. The van der Waals surface area contributed by atoms with E-state index < -0.39 is 99.2 Å². The number of carbonyl (C=O) groups is 5. The molecule has 2 aliphatic rings. The van der Waals surface area contributed by atoms with Gasteiger partial charge in [-0.05, 0) is 37.7 Å². The smallest absolute Gasteiger partial charge is 0.456 e. The highest BCUT2D eigenvalue weighted by Gasteiger charge is 2.51. The molecule has 3 rings (SSSR count). The molecule has 5 N–H and O–H groups in total. The summed E-state index contributed by atoms with van der Waals surface area (Å²) < 4.78 is 61.1. The first-order valence-corrected chi connectivity index (χ1v) is 20.2. The second-order valence-corrected chi connectivity index (χ2v) is 15.0. The van der Waals surface area contributed by atoms with Crippen molar-refractivity contribution >= 4 is 45.7 Å². The first-order valence-electron chi connectivity index (χ1n) is 18.7. The molecule has 2 aliphatic heterocycles. The van der Waals surface area contributed by atoms with Gasteiger partial charge in [-0.15, -0.1) is 0 Å². The quantitative estimate of drug-likeness (QED) is 0.0356. The van der Waals surface area contributed by atoms with Crippen molar-refractivity contribution < 1.29 is 80.7 Å². The number of esters is 2. The Bertz CT molecular complexity index is 1500. The lowest BCUT2D eigenvalue weighted by Crippen LogP contribution is -2.66. The maximum Gasteiger partial charge on any atom is 0.508 e. The number of phosphoric acid groups is 1. The summed E-state index contributed by atoms with van der Waals surface area (Å²) in [6.45, 7) is 3.50. The van der Waals surface area contributed by atoms with Gasteiger partial charge in [0.25, 0.3) is 0 Å². The molecule has 57 heavy (non-hydrogen) atoms. The van der Waals surface area contributed by atoms with E-state index in [2.05, 4.69) is 20.5 Å². The molecule has 3 amide bonds. The van der Waals surface area contributed by atoms with E-state index in [1.54, 1.807) is 32.1 Å². The number of hydrogen-bond acceptors (Lipinski definition) is 16. The van der Waals surface area contributed by atoms with Crippen LogP contribution in [0.1, 0.15) is 58.4 Å². The Kier molecular flexibility index (Phi) is 20.2. The molecule has 2 saturated heterocycles. The van der Waals surface area contributed by atoms with Gasteiger partial charge in [-0.3, -0.25) is 23.4 Å². The Morgan fingerprint density at radius 1 is 0.860 bits per heavy atom. The minimum Gasteiger partial charge on any atom is -0.456 e. The number of unbranched alkanes of at least 4 members (excludes halogenated alkanes) is 2. The number of hydrogen-bond donors (Lipinski definition) is 5. The molecule has 20 nitrogen and oxygen atoms in total. The summed E-state index contributed by atoms with van der Waals surface area (Å²) in [4.78, 5) is 70.3. The summed E-state index contributed by atoms with van der Waals surface area (Å²) in [6.07, 6.45) is -4.70. The number of nitrogens with one attached hydrogen (secondary N) is 3. The molecule has 0 radical (unpaired) electrons. The third-order valence-corrected chi connectivity index (χ3v) is 9.99. The standard InChI is InChI=1S/C35H55BN3O17P/c1-21(41)39-28-31(53-23(3)43)30(52-22(2)42)26(18-40)55-33(28)49-17-10-6-9-15-37-34(44)38-16-11-14-25-29(56-57(46,47)48-4)27(54-32(25)36)20-51-35(45)50-19-24-12-7-5-8-13-24/h5,7-8,12-13,25-33,40H,6,9-11,14-20,36H2,1-4H3,(H,39,41)(H,46,47)(H2,37,38,44)/t25-,26+,27+,28+,29?,30-,31+,32+,33+/m0/s1. The van der Waals surface area contributed by atoms with Gasteiger partial charge in [-0.2, -0.15) is 0 Å². The van der Waals surface area contributed by atoms with Crippen LogP contribution in [0.25, 0.3) is 0 Å². The topological polar surface area (TPSA) is 262 Å². The zero-order valence-electron chi connectivity index (χ0n) is 32.8. The largest absolute Gasteiger partial charge is 0.508 e. The summed E-state index contributed by atoms with van der Waals surface area (Å²) in [5.41, 5.74) is 0.771. The van der Waals surface area contributed by atoms with Gasteiger partial charge in [0, 0.05) is 59.5 Å². The van der Waals surface area contributed by atoms with Crippen LogP contribution in [0.3, 0.4) is 0 Å². The molecule has 22 heteroatoms. The van der Waals surface area contributed by atoms with Gasteiger partial charge in [-0.25, -0.2) is 14.2 Å². The van der Waals surface area contributed by atoms with E-state index in [4.69, 9.17) is 37.7 Å². The number of amides is 3. The van der Waals surface area contributed by atoms with Crippen LogP contribution in [0.15, 0.2) is 30.3 Å². The molecule has 1 aromatic carbocycles. The molecule has 0 aromatic heterocycles. The second-order valence-electron chi connectivity index (χ2n) is 13.5. The number of carbonyl (C=O) groups excluding carboxylic acids is 5. The van der Waals surface area contributed by atoms with Crippen LogP contribution in [0.5, 0.6) is 0 Å². The maximum atomic E-state index is 12.4. The van der Waals surface area contributed by atoms with Crippen LogP contribution < -0.4 is 16.0 Å². The molecular weight excluding hydrogens is 776 g/mol. The van der Waals surface area contributed by atoms with Gasteiger partial charge in [0.1, 0.15) is 45.4 Å². The van der Waals surface area contributed by atoms with Crippen LogP contribution in [0.4, 0.5) is 9.59 Å². The van der Waals surface area contributed by atoms with E-state index >= 15 is 0 Å². The van der Waals surface area contributed by atoms with Crippen molar-refractivity contribution in [3.05, 3.63) is 35.9 Å². The first-order chi connectivity index (χ1) is 27.1. The highest BCUT2D eigenvalue weighted by molar-refractivity contribution is 7.47. The van der Waals surface area contributed by atoms with Crippen molar-refractivity contribution in [1.29, 1.82) is 0 Å². The molecule has 2 fully saturated rings. The van der Waals surface area contributed by atoms with Crippen LogP contribution in [-0.4, -0.2) is 137 Å². The lowest BCUT2D eigenvalue weighted by atomic mass is 9.82. The number of phosphoric ester groups is 1. The van der Waals surface area contributed by atoms with Crippen molar-refractivity contribution in [2.24, 2.45) is 5.92 Å². The fourth-order valence-corrected chi connectivity index (χ4v) is 7.12. The Hall–Kier alpha value is -3.82. The summed E-state index contributed by atoms with van der Waals surface area (Å²) >= 11 is 0. The van der Waals surface area contributed by atoms with Gasteiger partial charge >= 0.3 is 31.9 Å². The van der Waals surface area contributed by atoms with E-state index in [9.17, 15) is 38.5 Å². The normalized spacial score (nSPS) is 26.7. The lowest BCUT2D eigenvalue weighted by molar-refractivity contribution is -0.276. The number of aliphatic hydroxyl groups excluding tert-OH is 1. The average molecular weight is 832 g/mol. The number of rotatable bonds is 22. The Morgan fingerprint density at radius 2 is 1.53 bits per heavy atom. The Labute approximate surface area is 332 Å². The highest BCUT2D eigenvalue weighted by atomic mass is 31.2. The zero-order chi connectivity index (χ0) is 42.0. The molecule has 0 saturated carbocycles. The second kappa shape index (κ2) is 24.2. The minimum absolute atomic E-state index is 0.00504. The number of benzene rings is 1. The number of aliphatic hydroxyl groups is 1. The number of ether oxygens (including phenoxy) is 7.